The lowest BCUT2D eigenvalue weighted by molar-refractivity contribution is -0.114. The highest BCUT2D eigenvalue weighted by Crippen LogP contribution is 2.18. The second kappa shape index (κ2) is 8.31. The fourth-order valence-electron chi connectivity index (χ4n) is 3.20. The number of hydrogen-bond donors (Lipinski definition) is 1. The minimum absolute atomic E-state index is 0.201. The second-order valence-corrected chi connectivity index (χ2v) is 6.86. The van der Waals surface area contributed by atoms with E-state index in [4.69, 9.17) is 0 Å². The molecule has 5 nitrogen and oxygen atoms in total. The molecule has 0 aliphatic carbocycles. The smallest absolute Gasteiger partial charge is 0.266 e. The van der Waals surface area contributed by atoms with Crippen molar-refractivity contribution in [2.24, 2.45) is 0 Å². The fourth-order valence-corrected chi connectivity index (χ4v) is 3.20. The molecule has 0 aliphatic heterocycles. The van der Waals surface area contributed by atoms with E-state index in [-0.39, 0.29) is 11.5 Å². The highest BCUT2D eigenvalue weighted by molar-refractivity contribution is 5.88. The van der Waals surface area contributed by atoms with E-state index in [0.717, 1.165) is 12.1 Å². The van der Waals surface area contributed by atoms with Crippen LogP contribution in [0.15, 0.2) is 71.5 Å². The van der Waals surface area contributed by atoms with Gasteiger partial charge < -0.3 is 5.32 Å². The van der Waals surface area contributed by atoms with Crippen molar-refractivity contribution >= 4 is 34.6 Å². The summed E-state index contributed by atoms with van der Waals surface area (Å²) in [5.74, 6) is -1.77. The Hall–Kier alpha value is -4.13. The van der Waals surface area contributed by atoms with Gasteiger partial charge in [0.1, 0.15) is 5.82 Å². The molecule has 1 amide bonds. The van der Waals surface area contributed by atoms with Crippen molar-refractivity contribution in [3.63, 3.8) is 0 Å². The Morgan fingerprint density at radius 3 is 2.42 bits per heavy atom. The number of halogens is 2. The van der Waals surface area contributed by atoms with Gasteiger partial charge in [0.25, 0.3) is 5.56 Å². The molecule has 0 radical (unpaired) electrons. The summed E-state index contributed by atoms with van der Waals surface area (Å²) >= 11 is 0. The zero-order valence-electron chi connectivity index (χ0n) is 16.5. The van der Waals surface area contributed by atoms with Gasteiger partial charge in [-0.15, -0.1) is 0 Å². The molecule has 4 aromatic rings. The van der Waals surface area contributed by atoms with Crippen molar-refractivity contribution in [3.05, 3.63) is 100 Å². The molecule has 0 bridgehead atoms. The van der Waals surface area contributed by atoms with Crippen LogP contribution < -0.4 is 10.9 Å². The number of fused-ring (bicyclic) bond motifs is 1. The van der Waals surface area contributed by atoms with Crippen LogP contribution in [0, 0.1) is 11.6 Å². The van der Waals surface area contributed by atoms with E-state index in [1.54, 1.807) is 60.7 Å². The van der Waals surface area contributed by atoms with Crippen LogP contribution in [0.25, 0.3) is 28.7 Å². The Morgan fingerprint density at radius 1 is 0.968 bits per heavy atom. The van der Waals surface area contributed by atoms with E-state index in [1.807, 2.05) is 0 Å². The summed E-state index contributed by atoms with van der Waals surface area (Å²) in [5, 5.41) is 3.12. The lowest BCUT2D eigenvalue weighted by Gasteiger charge is -2.12. The van der Waals surface area contributed by atoms with E-state index in [0.29, 0.717) is 33.7 Å². The van der Waals surface area contributed by atoms with Crippen molar-refractivity contribution < 1.29 is 13.6 Å². The summed E-state index contributed by atoms with van der Waals surface area (Å²) in [7, 11) is 0. The Kier molecular flexibility index (Phi) is 5.41. The van der Waals surface area contributed by atoms with E-state index in [2.05, 4.69) is 10.3 Å². The molecular weight excluding hydrogens is 400 g/mol. The summed E-state index contributed by atoms with van der Waals surface area (Å²) in [5.41, 5.74) is 1.81. The van der Waals surface area contributed by atoms with Gasteiger partial charge in [-0.25, -0.2) is 13.8 Å². The maximum Gasteiger partial charge on any atom is 0.266 e. The number of rotatable bonds is 4. The SMILES string of the molecule is CC(=O)Nc1ccc(-n2c(/C=C\c3ccc(F)c(F)c3)nc3ccccc3c2=O)cc1. The van der Waals surface area contributed by atoms with Crippen molar-refractivity contribution in [1.29, 1.82) is 0 Å². The predicted octanol–water partition coefficient (Wildman–Crippen LogP) is 4.79. The predicted molar refractivity (Wildman–Crippen MR) is 117 cm³/mol. The molecule has 0 unspecified atom stereocenters. The van der Waals surface area contributed by atoms with Crippen molar-refractivity contribution in [2.45, 2.75) is 6.92 Å². The van der Waals surface area contributed by atoms with Crippen LogP contribution in [0.3, 0.4) is 0 Å². The maximum atomic E-state index is 13.5. The van der Waals surface area contributed by atoms with Crippen molar-refractivity contribution in [2.75, 3.05) is 5.32 Å². The number of aromatic nitrogens is 2. The number of benzene rings is 3. The quantitative estimate of drug-likeness (QED) is 0.519. The Morgan fingerprint density at radius 2 is 1.71 bits per heavy atom. The minimum Gasteiger partial charge on any atom is -0.326 e. The first-order valence-electron chi connectivity index (χ1n) is 9.45. The van der Waals surface area contributed by atoms with Gasteiger partial charge in [0.2, 0.25) is 5.91 Å². The van der Waals surface area contributed by atoms with Crippen LogP contribution in [0.4, 0.5) is 14.5 Å². The molecule has 0 aliphatic rings. The first kappa shape index (κ1) is 20.2. The zero-order chi connectivity index (χ0) is 22.0. The summed E-state index contributed by atoms with van der Waals surface area (Å²) in [6.45, 7) is 1.41. The molecular formula is C24H17F2N3O2. The molecule has 7 heteroatoms. The molecule has 0 fully saturated rings. The third-order valence-corrected chi connectivity index (χ3v) is 4.62. The molecule has 1 aromatic heterocycles. The van der Waals surface area contributed by atoms with E-state index < -0.39 is 11.6 Å². The lowest BCUT2D eigenvalue weighted by atomic mass is 10.2. The van der Waals surface area contributed by atoms with Gasteiger partial charge >= 0.3 is 0 Å². The number of para-hydroxylation sites is 1. The first-order chi connectivity index (χ1) is 14.9. The lowest BCUT2D eigenvalue weighted by Crippen LogP contribution is -2.22. The third-order valence-electron chi connectivity index (χ3n) is 4.62. The van der Waals surface area contributed by atoms with Crippen molar-refractivity contribution in [1.82, 2.24) is 9.55 Å². The van der Waals surface area contributed by atoms with E-state index >= 15 is 0 Å². The zero-order valence-corrected chi connectivity index (χ0v) is 16.5. The third kappa shape index (κ3) is 4.25. The van der Waals surface area contributed by atoms with Gasteiger partial charge in [-0.05, 0) is 60.2 Å². The number of hydrogen-bond acceptors (Lipinski definition) is 3. The molecule has 0 saturated heterocycles. The largest absolute Gasteiger partial charge is 0.326 e. The Labute approximate surface area is 176 Å². The standard InChI is InChI=1S/C24H17F2N3O2/c1-15(30)27-17-8-10-18(11-9-17)29-23(13-7-16-6-12-20(25)21(26)14-16)28-22-5-3-2-4-19(22)24(29)31/h2-14H,1H3,(H,27,30)/b13-7-. The number of carbonyl (C=O) groups excluding carboxylic acids is 1. The summed E-state index contributed by atoms with van der Waals surface area (Å²) in [6, 6.07) is 17.2. The summed E-state index contributed by atoms with van der Waals surface area (Å²) in [4.78, 5) is 29.1. The molecule has 4 rings (SSSR count). The highest BCUT2D eigenvalue weighted by Gasteiger charge is 2.11. The molecule has 1 heterocycles. The molecule has 3 aromatic carbocycles. The number of anilines is 1. The molecule has 0 atom stereocenters. The topological polar surface area (TPSA) is 64.0 Å². The Bertz CT molecular complexity index is 1380. The number of carbonyl (C=O) groups is 1. The number of amides is 1. The van der Waals surface area contributed by atoms with Crippen LogP contribution >= 0.6 is 0 Å². The van der Waals surface area contributed by atoms with Crippen LogP contribution in [0.5, 0.6) is 0 Å². The number of nitrogens with one attached hydrogen (secondary N) is 1. The van der Waals surface area contributed by atoms with Crippen molar-refractivity contribution in [3.8, 4) is 5.69 Å². The molecule has 154 valence electrons. The summed E-state index contributed by atoms with van der Waals surface area (Å²) in [6.07, 6.45) is 3.13. The van der Waals surface area contributed by atoms with Crippen LogP contribution in [0.2, 0.25) is 0 Å². The van der Waals surface area contributed by atoms with Crippen LogP contribution in [-0.4, -0.2) is 15.5 Å². The summed E-state index contributed by atoms with van der Waals surface area (Å²) < 4.78 is 28.2. The Balaban J connectivity index is 1.85. The van der Waals surface area contributed by atoms with Gasteiger partial charge in [-0.1, -0.05) is 24.3 Å². The minimum atomic E-state index is -0.959. The monoisotopic (exact) mass is 417 g/mol. The van der Waals surface area contributed by atoms with E-state index in [9.17, 15) is 18.4 Å². The van der Waals surface area contributed by atoms with Crippen LogP contribution in [0.1, 0.15) is 18.3 Å². The number of nitrogens with zero attached hydrogens (tertiary/aromatic N) is 2. The van der Waals surface area contributed by atoms with Gasteiger partial charge in [0, 0.05) is 12.6 Å². The van der Waals surface area contributed by atoms with Gasteiger partial charge in [-0.2, -0.15) is 0 Å². The van der Waals surface area contributed by atoms with Gasteiger partial charge in [0.05, 0.1) is 16.6 Å². The average Bonchev–Trinajstić information content (AvgIpc) is 2.75. The molecule has 1 N–H and O–H groups in total. The molecule has 0 spiro atoms. The highest BCUT2D eigenvalue weighted by atomic mass is 19.2. The normalized spacial score (nSPS) is 11.2. The molecule has 31 heavy (non-hydrogen) atoms. The molecule has 0 saturated carbocycles. The van der Waals surface area contributed by atoms with Crippen LogP contribution in [-0.2, 0) is 4.79 Å². The first-order valence-corrected chi connectivity index (χ1v) is 9.45. The van der Waals surface area contributed by atoms with Gasteiger partial charge in [0.15, 0.2) is 11.6 Å². The van der Waals surface area contributed by atoms with E-state index in [1.165, 1.54) is 17.6 Å². The maximum absolute atomic E-state index is 13.5. The van der Waals surface area contributed by atoms with Gasteiger partial charge in [-0.3, -0.25) is 14.2 Å². The second-order valence-electron chi connectivity index (χ2n) is 6.86. The average molecular weight is 417 g/mol. The fraction of sp³-hybridized carbons (Fsp3) is 0.0417.